The van der Waals surface area contributed by atoms with Crippen molar-refractivity contribution in [2.45, 2.75) is 18.0 Å². The van der Waals surface area contributed by atoms with Crippen LogP contribution in [-0.4, -0.2) is 63.4 Å². The molecule has 0 aliphatic carbocycles. The molecule has 1 aromatic heterocycles. The van der Waals surface area contributed by atoms with Crippen LogP contribution in [0.4, 0.5) is 0 Å². The molecule has 0 aliphatic heterocycles. The van der Waals surface area contributed by atoms with Crippen LogP contribution < -0.4 is 5.73 Å². The van der Waals surface area contributed by atoms with Crippen LogP contribution in [0.1, 0.15) is 12.0 Å². The van der Waals surface area contributed by atoms with Crippen molar-refractivity contribution in [3.63, 3.8) is 0 Å². The number of hydrogen-bond donors (Lipinski definition) is 2. The largest absolute Gasteiger partial charge is 0.385 e. The van der Waals surface area contributed by atoms with Crippen LogP contribution in [0.25, 0.3) is 0 Å². The molecule has 0 unspecified atom stereocenters. The van der Waals surface area contributed by atoms with E-state index in [4.69, 9.17) is 15.2 Å². The third-order valence-corrected chi connectivity index (χ3v) is 4.71. The van der Waals surface area contributed by atoms with Gasteiger partial charge in [-0.25, -0.2) is 8.42 Å². The zero-order valence-electron chi connectivity index (χ0n) is 11.8. The SMILES string of the molecule is COCCCN(CCOC)S(=O)(=O)c1[nH]ncc1CN. The van der Waals surface area contributed by atoms with E-state index in [0.717, 1.165) is 0 Å². The van der Waals surface area contributed by atoms with Crippen molar-refractivity contribution in [1.82, 2.24) is 14.5 Å². The zero-order chi connectivity index (χ0) is 15.0. The van der Waals surface area contributed by atoms with E-state index in [1.165, 1.54) is 17.6 Å². The summed E-state index contributed by atoms with van der Waals surface area (Å²) >= 11 is 0. The fourth-order valence-electron chi connectivity index (χ4n) is 1.73. The molecule has 3 N–H and O–H groups in total. The van der Waals surface area contributed by atoms with Gasteiger partial charge >= 0.3 is 0 Å². The maximum absolute atomic E-state index is 12.6. The second-order valence-corrected chi connectivity index (χ2v) is 6.05. The maximum atomic E-state index is 12.6. The van der Waals surface area contributed by atoms with Gasteiger partial charge in [0, 0.05) is 46.0 Å². The van der Waals surface area contributed by atoms with E-state index in [1.807, 2.05) is 0 Å². The molecule has 8 nitrogen and oxygen atoms in total. The number of methoxy groups -OCH3 is 2. The maximum Gasteiger partial charge on any atom is 0.260 e. The number of nitrogens with two attached hydrogens (primary N) is 1. The van der Waals surface area contributed by atoms with Crippen molar-refractivity contribution in [1.29, 1.82) is 0 Å². The van der Waals surface area contributed by atoms with Gasteiger partial charge < -0.3 is 15.2 Å². The van der Waals surface area contributed by atoms with E-state index >= 15 is 0 Å². The van der Waals surface area contributed by atoms with Crippen molar-refractivity contribution in [3.05, 3.63) is 11.8 Å². The summed E-state index contributed by atoms with van der Waals surface area (Å²) in [5.74, 6) is 0. The molecule has 1 aromatic rings. The molecule has 0 amide bonds. The van der Waals surface area contributed by atoms with E-state index in [2.05, 4.69) is 10.2 Å². The van der Waals surface area contributed by atoms with Crippen LogP contribution in [0.5, 0.6) is 0 Å². The highest BCUT2D eigenvalue weighted by Gasteiger charge is 2.27. The highest BCUT2D eigenvalue weighted by Crippen LogP contribution is 2.17. The fraction of sp³-hybridized carbons (Fsp3) is 0.727. The van der Waals surface area contributed by atoms with Crippen LogP contribution in [0.2, 0.25) is 0 Å². The van der Waals surface area contributed by atoms with E-state index in [-0.39, 0.29) is 18.1 Å². The van der Waals surface area contributed by atoms with Gasteiger partial charge in [-0.05, 0) is 6.42 Å². The summed E-state index contributed by atoms with van der Waals surface area (Å²) in [6.45, 7) is 1.54. The van der Waals surface area contributed by atoms with Crippen molar-refractivity contribution in [2.75, 3.05) is 40.5 Å². The summed E-state index contributed by atoms with van der Waals surface area (Å²) in [6, 6.07) is 0. The normalized spacial score (nSPS) is 12.2. The Morgan fingerprint density at radius 2 is 2.00 bits per heavy atom. The van der Waals surface area contributed by atoms with Crippen molar-refractivity contribution < 1.29 is 17.9 Å². The first-order valence-electron chi connectivity index (χ1n) is 6.28. The number of H-pyrrole nitrogens is 1. The Morgan fingerprint density at radius 3 is 2.60 bits per heavy atom. The zero-order valence-corrected chi connectivity index (χ0v) is 12.6. The molecular formula is C11H22N4O4S. The number of nitrogens with one attached hydrogen (secondary N) is 1. The molecule has 0 saturated heterocycles. The number of hydrogen-bond acceptors (Lipinski definition) is 6. The van der Waals surface area contributed by atoms with Crippen molar-refractivity contribution in [2.24, 2.45) is 5.73 Å². The number of rotatable bonds is 10. The van der Waals surface area contributed by atoms with Gasteiger partial charge in [-0.15, -0.1) is 0 Å². The summed E-state index contributed by atoms with van der Waals surface area (Å²) in [6.07, 6.45) is 2.03. The summed E-state index contributed by atoms with van der Waals surface area (Å²) in [4.78, 5) is 0. The Hall–Kier alpha value is -1.00. The molecule has 116 valence electrons. The Balaban J connectivity index is 2.91. The molecule has 0 fully saturated rings. The predicted molar refractivity (Wildman–Crippen MR) is 73.6 cm³/mol. The first-order chi connectivity index (χ1) is 9.57. The van der Waals surface area contributed by atoms with Gasteiger partial charge in [0.1, 0.15) is 0 Å². The average Bonchev–Trinajstić information content (AvgIpc) is 2.91. The monoisotopic (exact) mass is 306 g/mol. The Bertz CT molecular complexity index is 488. The van der Waals surface area contributed by atoms with Gasteiger partial charge in [-0.1, -0.05) is 0 Å². The molecule has 0 saturated carbocycles. The first-order valence-corrected chi connectivity index (χ1v) is 7.72. The minimum Gasteiger partial charge on any atom is -0.385 e. The predicted octanol–water partition coefficient (Wildman–Crippen LogP) is -0.458. The molecule has 0 atom stereocenters. The van der Waals surface area contributed by atoms with Gasteiger partial charge in [0.05, 0.1) is 12.8 Å². The van der Waals surface area contributed by atoms with Crippen LogP contribution in [0, 0.1) is 0 Å². The quantitative estimate of drug-likeness (QED) is 0.566. The number of aromatic nitrogens is 2. The topological polar surface area (TPSA) is 111 Å². The number of sulfonamides is 1. The standard InChI is InChI=1S/C11H22N4O4S/c1-18-6-3-4-15(5-7-19-2)20(16,17)11-10(8-12)9-13-14-11/h9H,3-8,12H2,1-2H3,(H,13,14). The van der Waals surface area contributed by atoms with Crippen LogP contribution in [0.15, 0.2) is 11.2 Å². The highest BCUT2D eigenvalue weighted by molar-refractivity contribution is 7.89. The molecule has 0 aliphatic rings. The van der Waals surface area contributed by atoms with Gasteiger partial charge in [-0.3, -0.25) is 5.10 Å². The first kappa shape index (κ1) is 17.1. The summed E-state index contributed by atoms with van der Waals surface area (Å²) in [5.41, 5.74) is 6.00. The van der Waals surface area contributed by atoms with Gasteiger partial charge in [0.15, 0.2) is 5.03 Å². The van der Waals surface area contributed by atoms with E-state index in [0.29, 0.717) is 31.7 Å². The Morgan fingerprint density at radius 1 is 1.30 bits per heavy atom. The van der Waals surface area contributed by atoms with Gasteiger partial charge in [0.25, 0.3) is 10.0 Å². The molecule has 9 heteroatoms. The fourth-order valence-corrected chi connectivity index (χ4v) is 3.31. The van der Waals surface area contributed by atoms with Crippen molar-refractivity contribution in [3.8, 4) is 0 Å². The van der Waals surface area contributed by atoms with E-state index in [1.54, 1.807) is 7.11 Å². The second-order valence-electron chi connectivity index (χ2n) is 4.17. The lowest BCUT2D eigenvalue weighted by atomic mass is 10.4. The van der Waals surface area contributed by atoms with Crippen molar-refractivity contribution >= 4 is 10.0 Å². The lowest BCUT2D eigenvalue weighted by molar-refractivity contribution is 0.164. The second kappa shape index (κ2) is 8.32. The Kier molecular flexibility index (Phi) is 7.10. The molecular weight excluding hydrogens is 284 g/mol. The van der Waals surface area contributed by atoms with Crippen LogP contribution in [0.3, 0.4) is 0 Å². The molecule has 0 aromatic carbocycles. The lowest BCUT2D eigenvalue weighted by Crippen LogP contribution is -2.36. The molecule has 1 heterocycles. The minimum absolute atomic E-state index is 0.0496. The number of nitrogens with zero attached hydrogens (tertiary/aromatic N) is 2. The van der Waals surface area contributed by atoms with Crippen LogP contribution >= 0.6 is 0 Å². The molecule has 0 bridgehead atoms. The number of aromatic amines is 1. The summed E-state index contributed by atoms with van der Waals surface area (Å²) in [7, 11) is -0.545. The number of ether oxygens (including phenoxy) is 2. The van der Waals surface area contributed by atoms with E-state index in [9.17, 15) is 8.42 Å². The summed E-state index contributed by atoms with van der Waals surface area (Å²) < 4.78 is 36.4. The van der Waals surface area contributed by atoms with Crippen LogP contribution in [-0.2, 0) is 26.0 Å². The third-order valence-electron chi connectivity index (χ3n) is 2.80. The highest BCUT2D eigenvalue weighted by atomic mass is 32.2. The summed E-state index contributed by atoms with van der Waals surface area (Å²) in [5, 5.41) is 6.31. The van der Waals surface area contributed by atoms with Gasteiger partial charge in [-0.2, -0.15) is 9.40 Å². The van der Waals surface area contributed by atoms with Gasteiger partial charge in [0.2, 0.25) is 0 Å². The Labute approximate surface area is 119 Å². The molecule has 0 spiro atoms. The minimum atomic E-state index is -3.65. The third kappa shape index (κ3) is 4.25. The average molecular weight is 306 g/mol. The molecule has 1 rings (SSSR count). The smallest absolute Gasteiger partial charge is 0.260 e. The molecule has 20 heavy (non-hydrogen) atoms. The molecule has 0 radical (unpaired) electrons. The van der Waals surface area contributed by atoms with E-state index < -0.39 is 10.0 Å². The lowest BCUT2D eigenvalue weighted by Gasteiger charge is -2.21.